The van der Waals surface area contributed by atoms with Gasteiger partial charge in [-0.25, -0.2) is 0 Å². The van der Waals surface area contributed by atoms with Crippen molar-refractivity contribution in [2.45, 2.75) is 13.5 Å². The summed E-state index contributed by atoms with van der Waals surface area (Å²) in [6.07, 6.45) is 0. The molecule has 2 aromatic carbocycles. The minimum Gasteiger partial charge on any atom is -0.497 e. The van der Waals surface area contributed by atoms with Gasteiger partial charge in [0.1, 0.15) is 5.75 Å². The summed E-state index contributed by atoms with van der Waals surface area (Å²) in [7, 11) is 1.63. The van der Waals surface area contributed by atoms with Crippen molar-refractivity contribution in [3.8, 4) is 5.75 Å². The molecule has 7 nitrogen and oxygen atoms in total. The van der Waals surface area contributed by atoms with Gasteiger partial charge in [-0.2, -0.15) is 15.0 Å². The highest BCUT2D eigenvalue weighted by molar-refractivity contribution is 5.55. The number of anilines is 4. The molecule has 0 aliphatic carbocycles. The molecule has 128 valence electrons. The number of hydrogen-bond donors (Lipinski definition) is 3. The molecule has 0 fully saturated rings. The average molecular weight is 336 g/mol. The van der Waals surface area contributed by atoms with Crippen LogP contribution >= 0.6 is 0 Å². The molecule has 0 amide bonds. The zero-order chi connectivity index (χ0) is 17.6. The summed E-state index contributed by atoms with van der Waals surface area (Å²) in [5.74, 6) is 1.91. The maximum Gasteiger partial charge on any atom is 0.232 e. The number of benzene rings is 2. The summed E-state index contributed by atoms with van der Waals surface area (Å²) in [6.45, 7) is 2.50. The van der Waals surface area contributed by atoms with Gasteiger partial charge in [0.25, 0.3) is 0 Å². The van der Waals surface area contributed by atoms with Crippen molar-refractivity contribution >= 4 is 23.3 Å². The van der Waals surface area contributed by atoms with Crippen LogP contribution in [0.4, 0.5) is 23.3 Å². The van der Waals surface area contributed by atoms with Gasteiger partial charge >= 0.3 is 0 Å². The number of aromatic nitrogens is 3. The number of nitrogen functional groups attached to an aromatic ring is 1. The molecule has 0 saturated heterocycles. The van der Waals surface area contributed by atoms with Gasteiger partial charge in [-0.3, -0.25) is 0 Å². The van der Waals surface area contributed by atoms with Gasteiger partial charge in [0, 0.05) is 11.4 Å². The molecule has 1 aromatic heterocycles. The Balaban J connectivity index is 1.69. The van der Waals surface area contributed by atoms with E-state index in [2.05, 4.69) is 25.6 Å². The number of aryl methyl sites for hydroxylation is 1. The number of rotatable bonds is 6. The Bertz CT molecular complexity index is 833. The van der Waals surface area contributed by atoms with Crippen molar-refractivity contribution in [3.63, 3.8) is 0 Å². The molecule has 0 bridgehead atoms. The third-order valence-corrected chi connectivity index (χ3v) is 3.55. The number of hydrogen-bond acceptors (Lipinski definition) is 7. The van der Waals surface area contributed by atoms with Gasteiger partial charge in [0.2, 0.25) is 11.9 Å². The number of ether oxygens (including phenoxy) is 1. The summed E-state index contributed by atoms with van der Waals surface area (Å²) in [4.78, 5) is 12.7. The molecular weight excluding hydrogens is 316 g/mol. The van der Waals surface area contributed by atoms with Crippen LogP contribution in [0.3, 0.4) is 0 Å². The first-order valence-corrected chi connectivity index (χ1v) is 7.84. The van der Waals surface area contributed by atoms with E-state index in [-0.39, 0.29) is 5.95 Å². The van der Waals surface area contributed by atoms with E-state index in [0.29, 0.717) is 18.3 Å². The van der Waals surface area contributed by atoms with Gasteiger partial charge in [-0.1, -0.05) is 17.7 Å². The first-order valence-electron chi connectivity index (χ1n) is 7.84. The summed E-state index contributed by atoms with van der Waals surface area (Å²) in [5.41, 5.74) is 8.84. The molecule has 3 aromatic rings. The molecular formula is C18H20N6O. The van der Waals surface area contributed by atoms with Crippen LogP contribution in [0.15, 0.2) is 48.5 Å². The van der Waals surface area contributed by atoms with Crippen LogP contribution in [-0.4, -0.2) is 22.1 Å². The van der Waals surface area contributed by atoms with E-state index in [0.717, 1.165) is 17.1 Å². The molecule has 0 spiro atoms. The molecule has 7 heteroatoms. The van der Waals surface area contributed by atoms with Crippen LogP contribution in [0.25, 0.3) is 0 Å². The average Bonchev–Trinajstić information content (AvgIpc) is 2.61. The van der Waals surface area contributed by atoms with E-state index >= 15 is 0 Å². The number of nitrogens with zero attached hydrogens (tertiary/aromatic N) is 3. The minimum atomic E-state index is 0.173. The molecule has 3 rings (SSSR count). The summed E-state index contributed by atoms with van der Waals surface area (Å²) >= 11 is 0. The first-order chi connectivity index (χ1) is 12.1. The zero-order valence-electron chi connectivity index (χ0n) is 14.2. The van der Waals surface area contributed by atoms with Crippen LogP contribution in [0.2, 0.25) is 0 Å². The standard InChI is InChI=1S/C18H20N6O/c1-12-3-5-13(6-4-12)20-11-16-22-17(19)24-18(23-16)21-14-7-9-15(25-2)10-8-14/h3-10,20H,11H2,1-2H3,(H3,19,21,22,23,24). The Hall–Kier alpha value is -3.35. The van der Waals surface area contributed by atoms with Gasteiger partial charge in [-0.15, -0.1) is 0 Å². The highest BCUT2D eigenvalue weighted by Crippen LogP contribution is 2.18. The fourth-order valence-electron chi connectivity index (χ4n) is 2.23. The summed E-state index contributed by atoms with van der Waals surface area (Å²) in [5, 5.41) is 6.39. The molecule has 25 heavy (non-hydrogen) atoms. The lowest BCUT2D eigenvalue weighted by molar-refractivity contribution is 0.415. The summed E-state index contributed by atoms with van der Waals surface area (Å²) in [6, 6.07) is 15.6. The quantitative estimate of drug-likeness (QED) is 0.636. The topological polar surface area (TPSA) is 98.0 Å². The summed E-state index contributed by atoms with van der Waals surface area (Å²) < 4.78 is 5.14. The smallest absolute Gasteiger partial charge is 0.232 e. The first kappa shape index (κ1) is 16.5. The zero-order valence-corrected chi connectivity index (χ0v) is 14.2. The molecule has 0 saturated carbocycles. The predicted molar refractivity (Wildman–Crippen MR) is 99.0 cm³/mol. The Labute approximate surface area is 146 Å². The van der Waals surface area contributed by atoms with Crippen molar-refractivity contribution in [1.82, 2.24) is 15.0 Å². The SMILES string of the molecule is COc1ccc(Nc2nc(N)nc(CNc3ccc(C)cc3)n2)cc1. The second-order valence-electron chi connectivity index (χ2n) is 5.51. The Kier molecular flexibility index (Phi) is 4.94. The third kappa shape index (κ3) is 4.57. The van der Waals surface area contributed by atoms with Crippen molar-refractivity contribution < 1.29 is 4.74 Å². The van der Waals surface area contributed by atoms with Gasteiger partial charge in [-0.05, 0) is 43.3 Å². The Morgan fingerprint density at radius 2 is 1.60 bits per heavy atom. The largest absolute Gasteiger partial charge is 0.497 e. The van der Waals surface area contributed by atoms with Crippen LogP contribution < -0.4 is 21.1 Å². The van der Waals surface area contributed by atoms with Crippen LogP contribution in [-0.2, 0) is 6.54 Å². The Morgan fingerprint density at radius 1 is 0.920 bits per heavy atom. The molecule has 0 aliphatic rings. The van der Waals surface area contributed by atoms with Gasteiger partial charge < -0.3 is 21.1 Å². The lowest BCUT2D eigenvalue weighted by Crippen LogP contribution is -2.10. The normalized spacial score (nSPS) is 10.3. The van der Waals surface area contributed by atoms with Crippen molar-refractivity contribution in [2.24, 2.45) is 0 Å². The monoisotopic (exact) mass is 336 g/mol. The van der Waals surface area contributed by atoms with E-state index < -0.39 is 0 Å². The van der Waals surface area contributed by atoms with Gasteiger partial charge in [0.15, 0.2) is 5.82 Å². The number of nitrogens with two attached hydrogens (primary N) is 1. The van der Waals surface area contributed by atoms with E-state index in [1.54, 1.807) is 7.11 Å². The maximum atomic E-state index is 5.80. The van der Waals surface area contributed by atoms with E-state index in [9.17, 15) is 0 Å². The highest BCUT2D eigenvalue weighted by atomic mass is 16.5. The van der Waals surface area contributed by atoms with E-state index in [1.165, 1.54) is 5.56 Å². The number of methoxy groups -OCH3 is 1. The van der Waals surface area contributed by atoms with E-state index in [1.807, 2.05) is 55.5 Å². The maximum absolute atomic E-state index is 5.80. The van der Waals surface area contributed by atoms with Crippen LogP contribution in [0, 0.1) is 6.92 Å². The van der Waals surface area contributed by atoms with Crippen molar-refractivity contribution in [1.29, 1.82) is 0 Å². The molecule has 0 atom stereocenters. The minimum absolute atomic E-state index is 0.173. The van der Waals surface area contributed by atoms with Crippen molar-refractivity contribution in [3.05, 3.63) is 59.9 Å². The fraction of sp³-hybridized carbons (Fsp3) is 0.167. The van der Waals surface area contributed by atoms with Crippen molar-refractivity contribution in [2.75, 3.05) is 23.5 Å². The van der Waals surface area contributed by atoms with Gasteiger partial charge in [0.05, 0.1) is 13.7 Å². The lowest BCUT2D eigenvalue weighted by atomic mass is 10.2. The molecule has 4 N–H and O–H groups in total. The molecule has 0 radical (unpaired) electrons. The molecule has 0 unspecified atom stereocenters. The Morgan fingerprint density at radius 3 is 2.28 bits per heavy atom. The second kappa shape index (κ2) is 7.48. The lowest BCUT2D eigenvalue weighted by Gasteiger charge is -2.09. The highest BCUT2D eigenvalue weighted by Gasteiger charge is 2.05. The third-order valence-electron chi connectivity index (χ3n) is 3.55. The van der Waals surface area contributed by atoms with Crippen LogP contribution in [0.1, 0.15) is 11.4 Å². The second-order valence-corrected chi connectivity index (χ2v) is 5.51. The molecule has 1 heterocycles. The van der Waals surface area contributed by atoms with Crippen LogP contribution in [0.5, 0.6) is 5.75 Å². The number of nitrogens with one attached hydrogen (secondary N) is 2. The molecule has 0 aliphatic heterocycles. The fourth-order valence-corrected chi connectivity index (χ4v) is 2.23. The predicted octanol–water partition coefficient (Wildman–Crippen LogP) is 3.13. The van der Waals surface area contributed by atoms with E-state index in [4.69, 9.17) is 10.5 Å².